The Morgan fingerprint density at radius 3 is 1.90 bits per heavy atom. The molecule has 110 valence electrons. The molecule has 0 saturated carbocycles. The summed E-state index contributed by atoms with van der Waals surface area (Å²) in [4.78, 5) is 23.9. The van der Waals surface area contributed by atoms with Gasteiger partial charge in [0.2, 0.25) is 0 Å². The average Bonchev–Trinajstić information content (AvgIpc) is 2.38. The molecule has 0 amide bonds. The first kappa shape index (κ1) is 16.8. The molecule has 0 aliphatic rings. The first-order valence-corrected chi connectivity index (χ1v) is 6.95. The van der Waals surface area contributed by atoms with Crippen LogP contribution in [0.25, 0.3) is 0 Å². The maximum atomic E-state index is 12.0. The summed E-state index contributed by atoms with van der Waals surface area (Å²) in [7, 11) is 0. The second-order valence-electron chi connectivity index (χ2n) is 4.52. The van der Waals surface area contributed by atoms with Crippen molar-refractivity contribution in [3.05, 3.63) is 33.3 Å². The van der Waals surface area contributed by atoms with Gasteiger partial charge in [0, 0.05) is 0 Å². The van der Waals surface area contributed by atoms with Crippen LogP contribution in [0.5, 0.6) is 0 Å². The van der Waals surface area contributed by atoms with Crippen molar-refractivity contribution >= 4 is 35.1 Å². The Morgan fingerprint density at radius 2 is 1.50 bits per heavy atom. The Balaban J connectivity index is 3.12. The van der Waals surface area contributed by atoms with E-state index in [0.29, 0.717) is 0 Å². The predicted molar refractivity (Wildman–Crippen MR) is 77.5 cm³/mol. The van der Waals surface area contributed by atoms with Crippen LogP contribution >= 0.6 is 23.2 Å². The van der Waals surface area contributed by atoms with Gasteiger partial charge < -0.3 is 9.47 Å². The molecule has 0 atom stereocenters. The lowest BCUT2D eigenvalue weighted by Crippen LogP contribution is -2.16. The Morgan fingerprint density at radius 1 is 1.05 bits per heavy atom. The van der Waals surface area contributed by atoms with Crippen LogP contribution in [0.4, 0.5) is 0 Å². The lowest BCUT2D eigenvalue weighted by molar-refractivity contribution is 0.0435. The van der Waals surface area contributed by atoms with Crippen LogP contribution in [0.1, 0.15) is 41.5 Å². The zero-order valence-corrected chi connectivity index (χ0v) is 13.0. The van der Waals surface area contributed by atoms with E-state index in [9.17, 15) is 9.59 Å². The van der Waals surface area contributed by atoms with Gasteiger partial charge in [-0.15, -0.1) is 0 Å². The fraction of sp³-hybridized carbons (Fsp3) is 0.429. The van der Waals surface area contributed by atoms with Crippen LogP contribution in [0.3, 0.4) is 0 Å². The molecular formula is C14H16Cl2O4. The van der Waals surface area contributed by atoms with Crippen molar-refractivity contribution in [1.82, 2.24) is 0 Å². The summed E-state index contributed by atoms with van der Waals surface area (Å²) < 4.78 is 10.00. The highest BCUT2D eigenvalue weighted by molar-refractivity contribution is 6.42. The Hall–Kier alpha value is -1.26. The standard InChI is InChI=1S/C14H16Cl2O4/c1-4-19-13(17)9-5-11(15)12(16)6-10(9)14(18)20-7-8(2)3/h5-6,8H,4,7H2,1-3H3. The summed E-state index contributed by atoms with van der Waals surface area (Å²) >= 11 is 11.8. The number of halogens is 2. The molecule has 0 fully saturated rings. The first-order valence-electron chi connectivity index (χ1n) is 6.20. The molecule has 20 heavy (non-hydrogen) atoms. The summed E-state index contributed by atoms with van der Waals surface area (Å²) in [5.74, 6) is -1.07. The van der Waals surface area contributed by atoms with E-state index in [1.165, 1.54) is 12.1 Å². The number of carbonyl (C=O) groups is 2. The summed E-state index contributed by atoms with van der Waals surface area (Å²) in [5.41, 5.74) is 0.105. The fourth-order valence-electron chi connectivity index (χ4n) is 1.41. The highest BCUT2D eigenvalue weighted by Crippen LogP contribution is 2.27. The monoisotopic (exact) mass is 318 g/mol. The minimum atomic E-state index is -0.637. The van der Waals surface area contributed by atoms with Crippen LogP contribution in [-0.2, 0) is 9.47 Å². The Labute approximate surface area is 128 Å². The van der Waals surface area contributed by atoms with Crippen LogP contribution in [0, 0.1) is 5.92 Å². The third-order valence-electron chi connectivity index (χ3n) is 2.32. The molecular weight excluding hydrogens is 303 g/mol. The van der Waals surface area contributed by atoms with Crippen molar-refractivity contribution in [3.8, 4) is 0 Å². The van der Waals surface area contributed by atoms with Crippen molar-refractivity contribution < 1.29 is 19.1 Å². The van der Waals surface area contributed by atoms with Gasteiger partial charge in [0.15, 0.2) is 0 Å². The SMILES string of the molecule is CCOC(=O)c1cc(Cl)c(Cl)cc1C(=O)OCC(C)C. The molecule has 0 unspecified atom stereocenters. The van der Waals surface area contributed by atoms with Crippen molar-refractivity contribution in [3.63, 3.8) is 0 Å². The smallest absolute Gasteiger partial charge is 0.339 e. The summed E-state index contributed by atoms with van der Waals surface area (Å²) in [6, 6.07) is 2.63. The molecule has 0 spiro atoms. The van der Waals surface area contributed by atoms with Gasteiger partial charge in [-0.25, -0.2) is 9.59 Å². The number of hydrogen-bond donors (Lipinski definition) is 0. The van der Waals surface area contributed by atoms with Gasteiger partial charge in [-0.05, 0) is 25.0 Å². The molecule has 6 heteroatoms. The van der Waals surface area contributed by atoms with E-state index in [0.717, 1.165) is 0 Å². The van der Waals surface area contributed by atoms with E-state index < -0.39 is 11.9 Å². The molecule has 0 saturated heterocycles. The second-order valence-corrected chi connectivity index (χ2v) is 5.34. The minimum absolute atomic E-state index is 0.0509. The average molecular weight is 319 g/mol. The molecule has 4 nitrogen and oxygen atoms in total. The van der Waals surface area contributed by atoms with Crippen LogP contribution < -0.4 is 0 Å². The van der Waals surface area contributed by atoms with Gasteiger partial charge in [-0.1, -0.05) is 37.0 Å². The number of carbonyl (C=O) groups excluding carboxylic acids is 2. The van der Waals surface area contributed by atoms with Gasteiger partial charge >= 0.3 is 11.9 Å². The Kier molecular flexibility index (Phi) is 6.30. The molecule has 0 radical (unpaired) electrons. The highest BCUT2D eigenvalue weighted by Gasteiger charge is 2.21. The summed E-state index contributed by atoms with van der Waals surface area (Å²) in [5, 5.41) is 0.353. The van der Waals surface area contributed by atoms with E-state index in [1.54, 1.807) is 6.92 Å². The van der Waals surface area contributed by atoms with Crippen molar-refractivity contribution in [2.24, 2.45) is 5.92 Å². The maximum absolute atomic E-state index is 12.0. The quantitative estimate of drug-likeness (QED) is 0.770. The van der Waals surface area contributed by atoms with E-state index in [4.69, 9.17) is 32.7 Å². The van der Waals surface area contributed by atoms with Gasteiger partial charge in [0.1, 0.15) is 0 Å². The number of hydrogen-bond acceptors (Lipinski definition) is 4. The molecule has 1 aromatic carbocycles. The summed E-state index contributed by atoms with van der Waals surface area (Å²) in [6.07, 6.45) is 0. The zero-order valence-electron chi connectivity index (χ0n) is 11.5. The largest absolute Gasteiger partial charge is 0.462 e. The minimum Gasteiger partial charge on any atom is -0.462 e. The van der Waals surface area contributed by atoms with E-state index >= 15 is 0 Å². The van der Waals surface area contributed by atoms with Crippen LogP contribution in [0.15, 0.2) is 12.1 Å². The van der Waals surface area contributed by atoms with Crippen molar-refractivity contribution in [1.29, 1.82) is 0 Å². The highest BCUT2D eigenvalue weighted by atomic mass is 35.5. The third-order valence-corrected chi connectivity index (χ3v) is 3.05. The lowest BCUT2D eigenvalue weighted by atomic mass is 10.1. The normalized spacial score (nSPS) is 10.5. The van der Waals surface area contributed by atoms with E-state index in [1.807, 2.05) is 13.8 Å². The van der Waals surface area contributed by atoms with E-state index in [2.05, 4.69) is 0 Å². The molecule has 1 rings (SSSR count). The molecule has 0 aromatic heterocycles. The third kappa shape index (κ3) is 4.39. The predicted octanol–water partition coefficient (Wildman–Crippen LogP) is 3.98. The second kappa shape index (κ2) is 7.50. The van der Waals surface area contributed by atoms with Gasteiger partial charge in [-0.3, -0.25) is 0 Å². The van der Waals surface area contributed by atoms with Crippen LogP contribution in [-0.4, -0.2) is 25.2 Å². The van der Waals surface area contributed by atoms with Crippen LogP contribution in [0.2, 0.25) is 10.0 Å². The first-order chi connectivity index (χ1) is 9.36. The maximum Gasteiger partial charge on any atom is 0.339 e. The Bertz CT molecular complexity index is 512. The molecule has 0 aliphatic heterocycles. The lowest BCUT2D eigenvalue weighted by Gasteiger charge is -2.11. The molecule has 0 N–H and O–H groups in total. The van der Waals surface area contributed by atoms with Crippen molar-refractivity contribution in [2.75, 3.05) is 13.2 Å². The van der Waals surface area contributed by atoms with Gasteiger partial charge in [-0.2, -0.15) is 0 Å². The molecule has 0 heterocycles. The number of rotatable bonds is 5. The number of ether oxygens (including phenoxy) is 2. The fourth-order valence-corrected chi connectivity index (χ4v) is 1.74. The molecule has 0 aliphatic carbocycles. The number of esters is 2. The zero-order chi connectivity index (χ0) is 15.3. The van der Waals surface area contributed by atoms with Gasteiger partial charge in [0.25, 0.3) is 0 Å². The van der Waals surface area contributed by atoms with Crippen molar-refractivity contribution in [2.45, 2.75) is 20.8 Å². The summed E-state index contributed by atoms with van der Waals surface area (Å²) in [6.45, 7) is 5.94. The van der Waals surface area contributed by atoms with Gasteiger partial charge in [0.05, 0.1) is 34.4 Å². The number of benzene rings is 1. The topological polar surface area (TPSA) is 52.6 Å². The van der Waals surface area contributed by atoms with E-state index in [-0.39, 0.29) is 40.3 Å². The molecule has 1 aromatic rings. The molecule has 0 bridgehead atoms.